The lowest BCUT2D eigenvalue weighted by Gasteiger charge is -2.26. The van der Waals surface area contributed by atoms with Crippen LogP contribution in [0, 0.1) is 11.3 Å². The SMILES string of the molecule is CC(C)N(CCC#N)C(=O)c1cc(Cl)c(N)c(Cl)c1. The molecular weight excluding hydrogens is 285 g/mol. The molecule has 0 unspecified atom stereocenters. The van der Waals surface area contributed by atoms with Crippen LogP contribution in [0.4, 0.5) is 5.69 Å². The number of amides is 1. The smallest absolute Gasteiger partial charge is 0.254 e. The summed E-state index contributed by atoms with van der Waals surface area (Å²) in [5.41, 5.74) is 6.26. The number of anilines is 1. The quantitative estimate of drug-likeness (QED) is 0.867. The summed E-state index contributed by atoms with van der Waals surface area (Å²) >= 11 is 11.8. The van der Waals surface area contributed by atoms with Crippen molar-refractivity contribution < 1.29 is 4.79 Å². The van der Waals surface area contributed by atoms with Crippen molar-refractivity contribution in [1.29, 1.82) is 5.26 Å². The third-order valence-electron chi connectivity index (χ3n) is 2.67. The van der Waals surface area contributed by atoms with Crippen molar-refractivity contribution in [3.8, 4) is 6.07 Å². The van der Waals surface area contributed by atoms with Gasteiger partial charge >= 0.3 is 0 Å². The van der Waals surface area contributed by atoms with Gasteiger partial charge in [-0.15, -0.1) is 0 Å². The van der Waals surface area contributed by atoms with Gasteiger partial charge in [0.25, 0.3) is 5.91 Å². The van der Waals surface area contributed by atoms with Gasteiger partial charge < -0.3 is 10.6 Å². The summed E-state index contributed by atoms with van der Waals surface area (Å²) in [5.74, 6) is -0.214. The van der Waals surface area contributed by atoms with Crippen LogP contribution < -0.4 is 5.73 Å². The van der Waals surface area contributed by atoms with E-state index in [0.717, 1.165) is 0 Å². The highest BCUT2D eigenvalue weighted by molar-refractivity contribution is 6.39. The molecule has 0 saturated carbocycles. The maximum Gasteiger partial charge on any atom is 0.254 e. The number of rotatable bonds is 4. The van der Waals surface area contributed by atoms with Crippen molar-refractivity contribution in [3.05, 3.63) is 27.7 Å². The fourth-order valence-electron chi connectivity index (χ4n) is 1.64. The Kier molecular flexibility index (Phi) is 5.46. The number of nitrogens with zero attached hydrogens (tertiary/aromatic N) is 2. The molecule has 1 rings (SSSR count). The maximum atomic E-state index is 12.4. The third-order valence-corrected chi connectivity index (χ3v) is 3.30. The van der Waals surface area contributed by atoms with Crippen LogP contribution in [0.25, 0.3) is 0 Å². The molecule has 0 fully saturated rings. The normalized spacial score (nSPS) is 10.3. The van der Waals surface area contributed by atoms with Crippen LogP contribution in [0.1, 0.15) is 30.6 Å². The second-order valence-corrected chi connectivity index (χ2v) is 5.17. The number of carbonyl (C=O) groups excluding carboxylic acids is 1. The predicted octanol–water partition coefficient (Wildman–Crippen LogP) is 3.34. The minimum absolute atomic E-state index is 0.0176. The molecule has 0 aliphatic heterocycles. The molecule has 102 valence electrons. The monoisotopic (exact) mass is 299 g/mol. The first-order chi connectivity index (χ1) is 8.88. The van der Waals surface area contributed by atoms with Gasteiger partial charge in [0.05, 0.1) is 28.2 Å². The fraction of sp³-hybridized carbons (Fsp3) is 0.385. The van der Waals surface area contributed by atoms with Gasteiger partial charge in [-0.25, -0.2) is 0 Å². The summed E-state index contributed by atoms with van der Waals surface area (Å²) < 4.78 is 0. The van der Waals surface area contributed by atoms with E-state index >= 15 is 0 Å². The Morgan fingerprint density at radius 2 is 1.95 bits per heavy atom. The lowest BCUT2D eigenvalue weighted by atomic mass is 10.1. The van der Waals surface area contributed by atoms with E-state index in [0.29, 0.717) is 12.1 Å². The number of carbonyl (C=O) groups is 1. The minimum Gasteiger partial charge on any atom is -0.396 e. The highest BCUT2D eigenvalue weighted by Crippen LogP contribution is 2.29. The second-order valence-electron chi connectivity index (χ2n) is 4.35. The molecule has 1 aromatic rings. The number of hydrogen-bond acceptors (Lipinski definition) is 3. The van der Waals surface area contributed by atoms with Crippen LogP contribution in [0.5, 0.6) is 0 Å². The van der Waals surface area contributed by atoms with E-state index < -0.39 is 0 Å². The van der Waals surface area contributed by atoms with Crippen molar-refractivity contribution in [1.82, 2.24) is 4.90 Å². The van der Waals surface area contributed by atoms with Crippen molar-refractivity contribution in [3.63, 3.8) is 0 Å². The topological polar surface area (TPSA) is 70.1 Å². The summed E-state index contributed by atoms with van der Waals surface area (Å²) in [6, 6.07) is 4.99. The van der Waals surface area contributed by atoms with Gasteiger partial charge in [0.2, 0.25) is 0 Å². The molecule has 1 amide bonds. The number of hydrogen-bond donors (Lipinski definition) is 1. The molecule has 1 aromatic carbocycles. The molecule has 4 nitrogen and oxygen atoms in total. The van der Waals surface area contributed by atoms with Gasteiger partial charge in [0.15, 0.2) is 0 Å². The highest BCUT2D eigenvalue weighted by atomic mass is 35.5. The Labute approximate surface area is 122 Å². The van der Waals surface area contributed by atoms with E-state index in [4.69, 9.17) is 34.2 Å². The average molecular weight is 300 g/mol. The predicted molar refractivity (Wildman–Crippen MR) is 77.3 cm³/mol. The van der Waals surface area contributed by atoms with Crippen LogP contribution in [-0.4, -0.2) is 23.4 Å². The molecule has 0 aromatic heterocycles. The molecule has 19 heavy (non-hydrogen) atoms. The molecule has 6 heteroatoms. The first-order valence-electron chi connectivity index (χ1n) is 5.81. The first-order valence-corrected chi connectivity index (χ1v) is 6.56. The summed E-state index contributed by atoms with van der Waals surface area (Å²) in [4.78, 5) is 14.0. The number of halogens is 2. The number of nitrogens with two attached hydrogens (primary N) is 1. The molecule has 0 spiro atoms. The van der Waals surface area contributed by atoms with Gasteiger partial charge in [0, 0.05) is 18.2 Å². The van der Waals surface area contributed by atoms with Crippen molar-refractivity contribution >= 4 is 34.8 Å². The van der Waals surface area contributed by atoms with Crippen LogP contribution in [0.2, 0.25) is 10.0 Å². The lowest BCUT2D eigenvalue weighted by molar-refractivity contribution is 0.0710. The van der Waals surface area contributed by atoms with Gasteiger partial charge in [-0.2, -0.15) is 5.26 Å². The van der Waals surface area contributed by atoms with E-state index in [1.165, 1.54) is 12.1 Å². The second kappa shape index (κ2) is 6.65. The summed E-state index contributed by atoms with van der Waals surface area (Å²) in [5, 5.41) is 9.13. The fourth-order valence-corrected chi connectivity index (χ4v) is 2.13. The largest absolute Gasteiger partial charge is 0.396 e. The highest BCUT2D eigenvalue weighted by Gasteiger charge is 2.20. The molecule has 0 atom stereocenters. The Balaban J connectivity index is 3.07. The molecule has 0 aliphatic rings. The Bertz CT molecular complexity index is 500. The van der Waals surface area contributed by atoms with Crippen molar-refractivity contribution in [2.75, 3.05) is 12.3 Å². The van der Waals surface area contributed by atoms with E-state index in [-0.39, 0.29) is 34.1 Å². The van der Waals surface area contributed by atoms with Gasteiger partial charge in [0.1, 0.15) is 0 Å². The summed E-state index contributed by atoms with van der Waals surface area (Å²) in [7, 11) is 0. The van der Waals surface area contributed by atoms with Crippen LogP contribution >= 0.6 is 23.2 Å². The zero-order valence-electron chi connectivity index (χ0n) is 10.8. The number of nitriles is 1. The van der Waals surface area contributed by atoms with Gasteiger partial charge in [-0.1, -0.05) is 23.2 Å². The molecule has 0 saturated heterocycles. The number of nitrogen functional groups attached to an aromatic ring is 1. The van der Waals surface area contributed by atoms with E-state index in [2.05, 4.69) is 0 Å². The first kappa shape index (κ1) is 15.6. The lowest BCUT2D eigenvalue weighted by Crippen LogP contribution is -2.37. The average Bonchev–Trinajstić information content (AvgIpc) is 2.35. The van der Waals surface area contributed by atoms with Crippen LogP contribution in [0.3, 0.4) is 0 Å². The van der Waals surface area contributed by atoms with Crippen molar-refractivity contribution in [2.45, 2.75) is 26.3 Å². The van der Waals surface area contributed by atoms with E-state index in [1.54, 1.807) is 4.90 Å². The Morgan fingerprint density at radius 1 is 1.42 bits per heavy atom. The minimum atomic E-state index is -0.214. The van der Waals surface area contributed by atoms with Crippen molar-refractivity contribution in [2.24, 2.45) is 0 Å². The molecule has 0 aliphatic carbocycles. The summed E-state index contributed by atoms with van der Waals surface area (Å²) in [6.07, 6.45) is 0.278. The van der Waals surface area contributed by atoms with Gasteiger partial charge in [-0.05, 0) is 26.0 Å². The van der Waals surface area contributed by atoms with E-state index in [1.807, 2.05) is 19.9 Å². The summed E-state index contributed by atoms with van der Waals surface area (Å²) in [6.45, 7) is 4.14. The Hall–Kier alpha value is -1.44. The molecule has 0 heterocycles. The molecule has 2 N–H and O–H groups in total. The van der Waals surface area contributed by atoms with E-state index in [9.17, 15) is 4.79 Å². The van der Waals surface area contributed by atoms with Gasteiger partial charge in [-0.3, -0.25) is 4.79 Å². The van der Waals surface area contributed by atoms with Crippen LogP contribution in [0.15, 0.2) is 12.1 Å². The standard InChI is InChI=1S/C13H15Cl2N3O/c1-8(2)18(5-3-4-16)13(19)9-6-10(14)12(17)11(15)7-9/h6-8H,3,5,17H2,1-2H3. The van der Waals surface area contributed by atoms with Crippen LogP contribution in [-0.2, 0) is 0 Å². The Morgan fingerprint density at radius 3 is 2.37 bits per heavy atom. The molecular formula is C13H15Cl2N3O. The zero-order valence-corrected chi connectivity index (χ0v) is 12.3. The zero-order chi connectivity index (χ0) is 14.6. The third kappa shape index (κ3) is 3.76. The molecule has 0 radical (unpaired) electrons. The molecule has 0 bridgehead atoms. The maximum absolute atomic E-state index is 12.4. The number of benzene rings is 1.